The van der Waals surface area contributed by atoms with Crippen LogP contribution in [0.4, 0.5) is 0 Å². The van der Waals surface area contributed by atoms with E-state index >= 15 is 0 Å². The minimum Gasteiger partial charge on any atom is -0.198 e. The van der Waals surface area contributed by atoms with Gasteiger partial charge in [0.25, 0.3) is 0 Å². The van der Waals surface area contributed by atoms with Gasteiger partial charge in [0.15, 0.2) is 0 Å². The van der Waals surface area contributed by atoms with Crippen molar-refractivity contribution in [2.75, 3.05) is 0 Å². The third-order valence-electron chi connectivity index (χ3n) is 2.37. The average molecular weight is 208 g/mol. The van der Waals surface area contributed by atoms with Crippen LogP contribution in [0.2, 0.25) is 5.02 Å². The normalized spacial score (nSPS) is 11.1. The maximum Gasteiger partial charge on any atom is 0.0630 e. The smallest absolute Gasteiger partial charge is 0.0630 e. The van der Waals surface area contributed by atoms with Crippen LogP contribution >= 0.6 is 11.6 Å². The molecule has 1 nitrogen and oxygen atoms in total. The molecule has 0 fully saturated rings. The van der Waals surface area contributed by atoms with Crippen molar-refractivity contribution < 1.29 is 0 Å². The molecule has 0 aliphatic carbocycles. The van der Waals surface area contributed by atoms with E-state index < -0.39 is 0 Å². The number of nitriles is 1. The van der Waals surface area contributed by atoms with E-state index in [0.717, 1.165) is 16.1 Å². The maximum absolute atomic E-state index is 8.72. The lowest BCUT2D eigenvalue weighted by Crippen LogP contribution is -2.16. The molecule has 0 amide bonds. The molecule has 0 bridgehead atoms. The summed E-state index contributed by atoms with van der Waals surface area (Å²) in [5.41, 5.74) is 2.03. The van der Waals surface area contributed by atoms with Gasteiger partial charge in [-0.1, -0.05) is 37.6 Å². The fraction of sp³-hybridized carbons (Fsp3) is 0.417. The van der Waals surface area contributed by atoms with Crippen LogP contribution in [0.1, 0.15) is 31.4 Å². The van der Waals surface area contributed by atoms with Gasteiger partial charge in [0.1, 0.15) is 0 Å². The molecular weight excluding hydrogens is 194 g/mol. The summed E-state index contributed by atoms with van der Waals surface area (Å²) in [6, 6.07) is 8.17. The third-order valence-corrected chi connectivity index (χ3v) is 2.69. The lowest BCUT2D eigenvalue weighted by atomic mass is 9.82. The second-order valence-electron chi connectivity index (χ2n) is 4.20. The molecule has 14 heavy (non-hydrogen) atoms. The van der Waals surface area contributed by atoms with Crippen LogP contribution in [0.25, 0.3) is 0 Å². The summed E-state index contributed by atoms with van der Waals surface area (Å²) >= 11 is 6.14. The highest BCUT2D eigenvalue weighted by molar-refractivity contribution is 6.31. The molecule has 0 unspecified atom stereocenters. The molecule has 1 aromatic carbocycles. The first-order valence-electron chi connectivity index (χ1n) is 4.61. The molecule has 0 radical (unpaired) electrons. The Balaban J connectivity index is 3.14. The molecule has 0 saturated heterocycles. The van der Waals surface area contributed by atoms with E-state index in [-0.39, 0.29) is 5.41 Å². The lowest BCUT2D eigenvalue weighted by molar-refractivity contribution is 0.540. The highest BCUT2D eigenvalue weighted by Crippen LogP contribution is 2.32. The van der Waals surface area contributed by atoms with Gasteiger partial charge in [-0.15, -0.1) is 0 Å². The van der Waals surface area contributed by atoms with E-state index in [9.17, 15) is 0 Å². The molecule has 0 aromatic heterocycles. The van der Waals surface area contributed by atoms with E-state index in [2.05, 4.69) is 6.07 Å². The zero-order valence-corrected chi connectivity index (χ0v) is 9.52. The third kappa shape index (κ3) is 2.27. The monoisotopic (exact) mass is 207 g/mol. The Morgan fingerprint density at radius 2 is 2.07 bits per heavy atom. The highest BCUT2D eigenvalue weighted by Gasteiger charge is 2.22. The fourth-order valence-electron chi connectivity index (χ4n) is 1.46. The first-order valence-corrected chi connectivity index (χ1v) is 4.99. The largest absolute Gasteiger partial charge is 0.198 e. The Morgan fingerprint density at radius 1 is 1.43 bits per heavy atom. The summed E-state index contributed by atoms with van der Waals surface area (Å²) in [6.45, 7) is 6.08. The van der Waals surface area contributed by atoms with E-state index in [1.165, 1.54) is 0 Å². The van der Waals surface area contributed by atoms with Crippen LogP contribution < -0.4 is 0 Å². The number of hydrogen-bond donors (Lipinski definition) is 0. The fourth-order valence-corrected chi connectivity index (χ4v) is 1.95. The molecule has 1 rings (SSSR count). The topological polar surface area (TPSA) is 23.8 Å². The average Bonchev–Trinajstić information content (AvgIpc) is 2.02. The van der Waals surface area contributed by atoms with E-state index in [1.807, 2.05) is 39.0 Å². The van der Waals surface area contributed by atoms with Gasteiger partial charge in [-0.2, -0.15) is 5.26 Å². The summed E-state index contributed by atoms with van der Waals surface area (Å²) in [6.07, 6.45) is 0.482. The van der Waals surface area contributed by atoms with Crippen LogP contribution in [0.15, 0.2) is 18.2 Å². The standard InChI is InChI=1S/C12H14ClN/c1-9-4-5-10(11(13)8-9)12(2,3)6-7-14/h4-5,8H,6H2,1-3H3. The Labute approximate surface area is 90.3 Å². The predicted octanol–water partition coefficient (Wildman–Crippen LogP) is 3.84. The predicted molar refractivity (Wildman–Crippen MR) is 59.4 cm³/mol. The van der Waals surface area contributed by atoms with Crippen LogP contribution in [-0.4, -0.2) is 0 Å². The van der Waals surface area contributed by atoms with Gasteiger partial charge < -0.3 is 0 Å². The minimum absolute atomic E-state index is 0.167. The van der Waals surface area contributed by atoms with E-state index in [4.69, 9.17) is 16.9 Å². The maximum atomic E-state index is 8.72. The Morgan fingerprint density at radius 3 is 2.57 bits per heavy atom. The lowest BCUT2D eigenvalue weighted by Gasteiger charge is -2.23. The molecule has 74 valence electrons. The van der Waals surface area contributed by atoms with Crippen molar-refractivity contribution in [2.45, 2.75) is 32.6 Å². The van der Waals surface area contributed by atoms with Crippen molar-refractivity contribution >= 4 is 11.6 Å². The molecule has 0 saturated carbocycles. The van der Waals surface area contributed by atoms with E-state index in [1.54, 1.807) is 0 Å². The van der Waals surface area contributed by atoms with Gasteiger partial charge in [-0.3, -0.25) is 0 Å². The first-order chi connectivity index (χ1) is 6.47. The van der Waals surface area contributed by atoms with Crippen molar-refractivity contribution in [2.24, 2.45) is 0 Å². The molecule has 0 aliphatic heterocycles. The molecule has 0 atom stereocenters. The van der Waals surface area contributed by atoms with Gasteiger partial charge in [-0.05, 0) is 24.1 Å². The van der Waals surface area contributed by atoms with Gasteiger partial charge in [0.05, 0.1) is 6.07 Å². The van der Waals surface area contributed by atoms with E-state index in [0.29, 0.717) is 6.42 Å². The number of halogens is 1. The van der Waals surface area contributed by atoms with Gasteiger partial charge >= 0.3 is 0 Å². The van der Waals surface area contributed by atoms with Gasteiger partial charge in [-0.25, -0.2) is 0 Å². The van der Waals surface area contributed by atoms with Crippen molar-refractivity contribution in [3.8, 4) is 6.07 Å². The van der Waals surface area contributed by atoms with Crippen molar-refractivity contribution in [1.29, 1.82) is 5.26 Å². The SMILES string of the molecule is Cc1ccc(C(C)(C)CC#N)c(Cl)c1. The Kier molecular flexibility index (Phi) is 3.18. The Hall–Kier alpha value is -1.00. The summed E-state index contributed by atoms with van der Waals surface area (Å²) < 4.78 is 0. The molecule has 0 spiro atoms. The number of rotatable bonds is 2. The summed E-state index contributed by atoms with van der Waals surface area (Å²) in [5, 5.41) is 9.47. The summed E-state index contributed by atoms with van der Waals surface area (Å²) in [5.74, 6) is 0. The van der Waals surface area contributed by atoms with Crippen molar-refractivity contribution in [3.63, 3.8) is 0 Å². The van der Waals surface area contributed by atoms with Crippen LogP contribution in [-0.2, 0) is 5.41 Å². The number of aryl methyl sites for hydroxylation is 1. The number of benzene rings is 1. The van der Waals surface area contributed by atoms with Crippen LogP contribution in [0, 0.1) is 18.3 Å². The number of nitrogens with zero attached hydrogens (tertiary/aromatic N) is 1. The number of hydrogen-bond acceptors (Lipinski definition) is 1. The molecule has 1 aromatic rings. The van der Waals surface area contributed by atoms with Crippen LogP contribution in [0.3, 0.4) is 0 Å². The van der Waals surface area contributed by atoms with Crippen molar-refractivity contribution in [1.82, 2.24) is 0 Å². The van der Waals surface area contributed by atoms with Gasteiger partial charge in [0, 0.05) is 16.9 Å². The molecule has 0 N–H and O–H groups in total. The zero-order chi connectivity index (χ0) is 10.8. The molecule has 0 aliphatic rings. The summed E-state index contributed by atoms with van der Waals surface area (Å²) in [7, 11) is 0. The zero-order valence-electron chi connectivity index (χ0n) is 8.76. The molecule has 2 heteroatoms. The quantitative estimate of drug-likeness (QED) is 0.723. The second kappa shape index (κ2) is 4.02. The van der Waals surface area contributed by atoms with Gasteiger partial charge in [0.2, 0.25) is 0 Å². The highest BCUT2D eigenvalue weighted by atomic mass is 35.5. The first kappa shape index (κ1) is 11.1. The minimum atomic E-state index is -0.167. The molecular formula is C12H14ClN. The van der Waals surface area contributed by atoms with Crippen LogP contribution in [0.5, 0.6) is 0 Å². The Bertz CT molecular complexity index is 374. The van der Waals surface area contributed by atoms with Crippen molar-refractivity contribution in [3.05, 3.63) is 34.3 Å². The summed E-state index contributed by atoms with van der Waals surface area (Å²) in [4.78, 5) is 0. The molecule has 0 heterocycles. The second-order valence-corrected chi connectivity index (χ2v) is 4.61.